The molecule has 79 heavy (non-hydrogen) atoms. The lowest BCUT2D eigenvalue weighted by atomic mass is 10.1. The lowest BCUT2D eigenvalue weighted by Crippen LogP contribution is -2.30. The van der Waals surface area contributed by atoms with Crippen LogP contribution in [0, 0.1) is 0 Å². The zero-order valence-electron chi connectivity index (χ0n) is 49.8. The number of hydrogen-bond donors (Lipinski definition) is 0. The summed E-state index contributed by atoms with van der Waals surface area (Å²) < 4.78 is 16.7. The van der Waals surface area contributed by atoms with Crippen LogP contribution >= 0.6 is 0 Å². The molecule has 0 aromatic rings. The van der Waals surface area contributed by atoms with Crippen LogP contribution in [0.15, 0.2) is 207 Å². The smallest absolute Gasteiger partial charge is 0.306 e. The Morgan fingerprint density at radius 2 is 0.481 bits per heavy atom. The highest BCUT2D eigenvalue weighted by atomic mass is 16.6. The number of allylic oxidation sites excluding steroid dienone is 34. The van der Waals surface area contributed by atoms with Gasteiger partial charge >= 0.3 is 17.9 Å². The van der Waals surface area contributed by atoms with Gasteiger partial charge in [0, 0.05) is 19.3 Å². The van der Waals surface area contributed by atoms with Gasteiger partial charge in [0.25, 0.3) is 0 Å². The van der Waals surface area contributed by atoms with Crippen molar-refractivity contribution >= 4 is 17.9 Å². The molecule has 0 aliphatic heterocycles. The van der Waals surface area contributed by atoms with E-state index in [1.54, 1.807) is 0 Å². The molecule has 0 amide bonds. The maximum absolute atomic E-state index is 12.8. The van der Waals surface area contributed by atoms with E-state index in [2.05, 4.69) is 215 Å². The summed E-state index contributed by atoms with van der Waals surface area (Å²) in [5.74, 6) is -1.10. The predicted molar refractivity (Wildman–Crippen MR) is 343 cm³/mol. The first kappa shape index (κ1) is 73.0. The summed E-state index contributed by atoms with van der Waals surface area (Å²) in [5, 5.41) is 0. The Balaban J connectivity index is 4.43. The molecule has 0 rings (SSSR count). The molecule has 0 saturated carbocycles. The van der Waals surface area contributed by atoms with Gasteiger partial charge in [-0.15, -0.1) is 0 Å². The molecule has 0 heterocycles. The molecule has 6 heteroatoms. The van der Waals surface area contributed by atoms with E-state index >= 15 is 0 Å². The maximum atomic E-state index is 12.8. The van der Waals surface area contributed by atoms with Gasteiger partial charge in [-0.25, -0.2) is 0 Å². The number of unbranched alkanes of at least 4 members (excludes halogenated alkanes) is 7. The highest BCUT2D eigenvalue weighted by molar-refractivity contribution is 5.71. The number of rotatable bonds is 52. The average molecular weight is 1080 g/mol. The van der Waals surface area contributed by atoms with E-state index < -0.39 is 6.10 Å². The number of carbonyl (C=O) groups excluding carboxylic acids is 3. The first-order valence-corrected chi connectivity index (χ1v) is 30.6. The minimum absolute atomic E-state index is 0.139. The molecule has 0 aromatic heterocycles. The van der Waals surface area contributed by atoms with E-state index in [4.69, 9.17) is 14.2 Å². The lowest BCUT2D eigenvalue weighted by molar-refractivity contribution is -0.166. The minimum atomic E-state index is -0.850. The Hall–Kier alpha value is -6.01. The Bertz CT molecular complexity index is 1960. The first-order chi connectivity index (χ1) is 39.0. The molecule has 436 valence electrons. The molecule has 0 aliphatic carbocycles. The second-order valence-electron chi connectivity index (χ2n) is 19.1. The van der Waals surface area contributed by atoms with Crippen molar-refractivity contribution in [1.82, 2.24) is 0 Å². The van der Waals surface area contributed by atoms with Crippen LogP contribution in [0.2, 0.25) is 0 Å². The summed E-state index contributed by atoms with van der Waals surface area (Å²) >= 11 is 0. The number of esters is 3. The number of ether oxygens (including phenoxy) is 3. The summed E-state index contributed by atoms with van der Waals surface area (Å²) in [5.41, 5.74) is 0. The molecule has 6 nitrogen and oxygen atoms in total. The standard InChI is InChI=1S/C73H108O6/c1-4-7-10-13-16-19-22-25-27-28-29-30-31-32-33-34-35-36-37-38-39-40-41-42-43-44-46-48-51-54-57-60-63-66-72(75)78-69-70(68-77-71(74)65-62-59-56-53-50-47-24-21-18-15-12-9-6-3)79-73(76)67-64-61-58-55-52-49-45-26-23-20-17-14-11-8-5-2/h7-12,16-21,25-27,29-30,32-33,35-36,38-39,41-42,44-47,50,52,55-56,59,70H,4-6,13-15,22-24,28,31,34,37,40,43,48-49,51,53-54,57-58,60-69H2,1-3H3/b10-7-,11-8-,12-9-,19-16-,20-17-,21-18-,27-25-,30-29-,33-32-,36-35-,39-38-,42-41-,45-26-,46-44-,50-47-,55-52-,59-56-. The monoisotopic (exact) mass is 1080 g/mol. The van der Waals surface area contributed by atoms with Gasteiger partial charge in [-0.2, -0.15) is 0 Å². The second kappa shape index (κ2) is 64.5. The first-order valence-electron chi connectivity index (χ1n) is 30.6. The summed E-state index contributed by atoms with van der Waals surface area (Å²) in [7, 11) is 0. The molecule has 0 saturated heterocycles. The van der Waals surface area contributed by atoms with Crippen LogP contribution in [0.3, 0.4) is 0 Å². The highest BCUT2D eigenvalue weighted by Gasteiger charge is 2.19. The zero-order chi connectivity index (χ0) is 57.1. The SMILES string of the molecule is CC/C=C\C/C=C\C/C=C\C/C=C\C/C=C\C/C=C\C/C=C\C/C=C\C/C=C\CCCCCCCC(=O)OCC(COC(=O)CC/C=C\C/C=C\C/C=C\C/C=C\CC)OC(=O)CCCC/C=C\C/C=C\C/C=C\C/C=C\CC. The van der Waals surface area contributed by atoms with Gasteiger partial charge in [0.1, 0.15) is 13.2 Å². The van der Waals surface area contributed by atoms with Gasteiger partial charge in [0.15, 0.2) is 6.10 Å². The highest BCUT2D eigenvalue weighted by Crippen LogP contribution is 2.11. The minimum Gasteiger partial charge on any atom is -0.462 e. The summed E-state index contributed by atoms with van der Waals surface area (Å²) in [6, 6.07) is 0. The van der Waals surface area contributed by atoms with E-state index in [1.165, 1.54) is 0 Å². The van der Waals surface area contributed by atoms with Gasteiger partial charge in [0.2, 0.25) is 0 Å². The lowest BCUT2D eigenvalue weighted by Gasteiger charge is -2.18. The maximum Gasteiger partial charge on any atom is 0.306 e. The van der Waals surface area contributed by atoms with Gasteiger partial charge in [0.05, 0.1) is 0 Å². The third kappa shape index (κ3) is 62.7. The van der Waals surface area contributed by atoms with Gasteiger partial charge in [-0.1, -0.05) is 247 Å². The molecule has 0 spiro atoms. The van der Waals surface area contributed by atoms with Gasteiger partial charge in [-0.05, 0) is 154 Å². The topological polar surface area (TPSA) is 78.9 Å². The van der Waals surface area contributed by atoms with Crippen molar-refractivity contribution in [1.29, 1.82) is 0 Å². The third-order valence-corrected chi connectivity index (χ3v) is 11.8. The van der Waals surface area contributed by atoms with Crippen LogP contribution in [0.5, 0.6) is 0 Å². The van der Waals surface area contributed by atoms with Crippen LogP contribution < -0.4 is 0 Å². The predicted octanol–water partition coefficient (Wildman–Crippen LogP) is 21.2. The van der Waals surface area contributed by atoms with E-state index in [9.17, 15) is 14.4 Å². The van der Waals surface area contributed by atoms with Gasteiger partial charge in [-0.3, -0.25) is 14.4 Å². The Labute approximate surface area is 483 Å². The Morgan fingerprint density at radius 1 is 0.253 bits per heavy atom. The third-order valence-electron chi connectivity index (χ3n) is 11.8. The average Bonchev–Trinajstić information content (AvgIpc) is 3.45. The van der Waals surface area contributed by atoms with Crippen molar-refractivity contribution in [3.8, 4) is 0 Å². The van der Waals surface area contributed by atoms with Crippen LogP contribution in [0.1, 0.15) is 213 Å². The molecular weight excluding hydrogens is 973 g/mol. The Morgan fingerprint density at radius 3 is 0.810 bits per heavy atom. The van der Waals surface area contributed by atoms with Crippen molar-refractivity contribution in [3.63, 3.8) is 0 Å². The molecule has 1 atom stereocenters. The molecule has 0 N–H and O–H groups in total. The number of hydrogen-bond acceptors (Lipinski definition) is 6. The molecule has 0 radical (unpaired) electrons. The van der Waals surface area contributed by atoms with Crippen LogP contribution in [0.25, 0.3) is 0 Å². The number of carbonyl (C=O) groups is 3. The van der Waals surface area contributed by atoms with Crippen molar-refractivity contribution in [2.24, 2.45) is 0 Å². The molecule has 0 aliphatic rings. The van der Waals surface area contributed by atoms with E-state index in [0.717, 1.165) is 161 Å². The fraction of sp³-hybridized carbons (Fsp3) is 0.493. The summed E-state index contributed by atoms with van der Waals surface area (Å²) in [4.78, 5) is 38.1. The zero-order valence-corrected chi connectivity index (χ0v) is 49.8. The molecule has 1 unspecified atom stereocenters. The van der Waals surface area contributed by atoms with Gasteiger partial charge < -0.3 is 14.2 Å². The van der Waals surface area contributed by atoms with Crippen molar-refractivity contribution in [2.75, 3.05) is 13.2 Å². The van der Waals surface area contributed by atoms with Crippen molar-refractivity contribution < 1.29 is 28.6 Å². The largest absolute Gasteiger partial charge is 0.462 e. The fourth-order valence-electron chi connectivity index (χ4n) is 7.32. The van der Waals surface area contributed by atoms with E-state index in [-0.39, 0.29) is 44.0 Å². The van der Waals surface area contributed by atoms with E-state index in [1.807, 2.05) is 12.2 Å². The quantitative estimate of drug-likeness (QED) is 0.0261. The second-order valence-corrected chi connectivity index (χ2v) is 19.1. The van der Waals surface area contributed by atoms with Crippen LogP contribution in [-0.2, 0) is 28.6 Å². The molecule has 0 bridgehead atoms. The normalized spacial score (nSPS) is 13.6. The molecule has 0 aromatic carbocycles. The van der Waals surface area contributed by atoms with Crippen molar-refractivity contribution in [2.45, 2.75) is 219 Å². The van der Waals surface area contributed by atoms with E-state index in [0.29, 0.717) is 19.3 Å². The summed E-state index contributed by atoms with van der Waals surface area (Å²) in [6.07, 6.45) is 99.9. The van der Waals surface area contributed by atoms with Crippen LogP contribution in [-0.4, -0.2) is 37.2 Å². The van der Waals surface area contributed by atoms with Crippen molar-refractivity contribution in [3.05, 3.63) is 207 Å². The van der Waals surface area contributed by atoms with Crippen LogP contribution in [0.4, 0.5) is 0 Å². The Kier molecular flexibility index (Phi) is 59.6. The molecule has 0 fully saturated rings. The molecular formula is C73H108O6. The summed E-state index contributed by atoms with van der Waals surface area (Å²) in [6.45, 7) is 6.15. The fourth-order valence-corrected chi connectivity index (χ4v) is 7.32.